The minimum atomic E-state index is -0.708. The Labute approximate surface area is 169 Å². The first kappa shape index (κ1) is 19.2. The summed E-state index contributed by atoms with van der Waals surface area (Å²) in [5.41, 5.74) is 0.802. The molecule has 2 aliphatic heterocycles. The van der Waals surface area contributed by atoms with Crippen molar-refractivity contribution in [1.82, 2.24) is 4.90 Å². The van der Waals surface area contributed by atoms with Crippen LogP contribution in [-0.2, 0) is 11.2 Å². The van der Waals surface area contributed by atoms with Crippen LogP contribution < -0.4 is 9.47 Å². The second-order valence-corrected chi connectivity index (χ2v) is 7.69. The number of carbonyl (C=O) groups is 1. The molecule has 7 heteroatoms. The summed E-state index contributed by atoms with van der Waals surface area (Å²) in [6.07, 6.45) is 4.16. The molecule has 3 heterocycles. The Morgan fingerprint density at radius 1 is 1.29 bits per heavy atom. The van der Waals surface area contributed by atoms with Gasteiger partial charge in [-0.05, 0) is 42.7 Å². The van der Waals surface area contributed by atoms with Gasteiger partial charge in [-0.15, -0.1) is 0 Å². The van der Waals surface area contributed by atoms with Crippen molar-refractivity contribution in [1.29, 1.82) is 0 Å². The number of aliphatic hydroxyl groups is 1. The second kappa shape index (κ2) is 8.45. The molecule has 2 atom stereocenters. The number of amides is 1. The van der Waals surface area contributed by atoms with Crippen molar-refractivity contribution in [3.63, 3.8) is 0 Å². The lowest BCUT2D eigenvalue weighted by atomic mass is 10.0. The van der Waals surface area contributed by atoms with Crippen LogP contribution in [0.15, 0.2) is 34.9 Å². The maximum Gasteiger partial charge on any atom is 0.227 e. The number of hydrogen-bond acceptors (Lipinski definition) is 5. The van der Waals surface area contributed by atoms with Gasteiger partial charge in [-0.25, -0.2) is 0 Å². The van der Waals surface area contributed by atoms with Crippen LogP contribution in [0.1, 0.15) is 43.1 Å². The number of ether oxygens (including phenoxy) is 2. The van der Waals surface area contributed by atoms with Gasteiger partial charge in [0.15, 0.2) is 11.5 Å². The van der Waals surface area contributed by atoms with Gasteiger partial charge in [-0.1, -0.05) is 11.6 Å². The molecule has 6 nitrogen and oxygen atoms in total. The predicted octanol–water partition coefficient (Wildman–Crippen LogP) is 3.75. The van der Waals surface area contributed by atoms with Gasteiger partial charge in [-0.3, -0.25) is 4.79 Å². The zero-order valence-corrected chi connectivity index (χ0v) is 16.4. The summed E-state index contributed by atoms with van der Waals surface area (Å²) in [6.45, 7) is 1.84. The van der Waals surface area contributed by atoms with E-state index in [1.165, 1.54) is 0 Å². The maximum absolute atomic E-state index is 12.9. The van der Waals surface area contributed by atoms with Gasteiger partial charge in [0.05, 0.1) is 30.9 Å². The molecule has 1 saturated heterocycles. The smallest absolute Gasteiger partial charge is 0.227 e. The van der Waals surface area contributed by atoms with E-state index in [1.807, 2.05) is 11.0 Å². The molecule has 1 aromatic carbocycles. The molecule has 28 heavy (non-hydrogen) atoms. The van der Waals surface area contributed by atoms with E-state index in [0.29, 0.717) is 48.5 Å². The fourth-order valence-corrected chi connectivity index (χ4v) is 4.21. The van der Waals surface area contributed by atoms with Gasteiger partial charge >= 0.3 is 0 Å². The molecule has 0 bridgehead atoms. The van der Waals surface area contributed by atoms with Crippen LogP contribution in [0.2, 0.25) is 5.02 Å². The van der Waals surface area contributed by atoms with Crippen LogP contribution in [0.5, 0.6) is 11.5 Å². The average molecular weight is 406 g/mol. The lowest BCUT2D eigenvalue weighted by molar-refractivity contribution is -0.131. The van der Waals surface area contributed by atoms with Gasteiger partial charge in [0.2, 0.25) is 5.91 Å². The molecule has 0 unspecified atom stereocenters. The highest BCUT2D eigenvalue weighted by molar-refractivity contribution is 6.32. The van der Waals surface area contributed by atoms with Crippen molar-refractivity contribution < 1.29 is 23.8 Å². The Kier molecular flexibility index (Phi) is 5.78. The molecule has 1 amide bonds. The molecule has 0 saturated carbocycles. The third-order valence-corrected chi connectivity index (χ3v) is 5.56. The standard InChI is InChI=1S/C21H24ClNO5/c22-16-10-14(11-19-21(16)28-9-3-8-27-19)12-20(25)23-6-1-4-15(23)13-17(24)18-5-2-7-26-18/h2,5,7,10-11,15,17,24H,1,3-4,6,8-9,12-13H2/t15-,17-/m0/s1. The van der Waals surface area contributed by atoms with Crippen molar-refractivity contribution in [2.45, 2.75) is 44.2 Å². The number of furan rings is 1. The van der Waals surface area contributed by atoms with Gasteiger partial charge in [0, 0.05) is 25.4 Å². The molecule has 2 aromatic rings. The van der Waals surface area contributed by atoms with Crippen LogP contribution in [-0.4, -0.2) is 41.7 Å². The van der Waals surface area contributed by atoms with E-state index in [1.54, 1.807) is 24.5 Å². The molecule has 0 radical (unpaired) electrons. The van der Waals surface area contributed by atoms with Crippen molar-refractivity contribution in [3.8, 4) is 11.5 Å². The van der Waals surface area contributed by atoms with Gasteiger partial charge in [-0.2, -0.15) is 0 Å². The minimum absolute atomic E-state index is 0.00322. The molecule has 0 aliphatic carbocycles. The number of benzene rings is 1. The Bertz CT molecular complexity index is 822. The third-order valence-electron chi connectivity index (χ3n) is 5.28. The van der Waals surface area contributed by atoms with Crippen LogP contribution in [0.3, 0.4) is 0 Å². The highest BCUT2D eigenvalue weighted by Gasteiger charge is 2.31. The first-order chi connectivity index (χ1) is 13.6. The monoisotopic (exact) mass is 405 g/mol. The van der Waals surface area contributed by atoms with E-state index in [0.717, 1.165) is 24.8 Å². The first-order valence-corrected chi connectivity index (χ1v) is 10.1. The summed E-state index contributed by atoms with van der Waals surface area (Å²) in [5.74, 6) is 1.71. The van der Waals surface area contributed by atoms with Crippen molar-refractivity contribution in [3.05, 3.63) is 46.9 Å². The third kappa shape index (κ3) is 4.13. The quantitative estimate of drug-likeness (QED) is 0.820. The summed E-state index contributed by atoms with van der Waals surface area (Å²) in [6, 6.07) is 7.13. The topological polar surface area (TPSA) is 72.1 Å². The van der Waals surface area contributed by atoms with Crippen LogP contribution in [0, 0.1) is 0 Å². The largest absolute Gasteiger partial charge is 0.489 e. The molecular weight excluding hydrogens is 382 g/mol. The van der Waals surface area contributed by atoms with Crippen molar-refractivity contribution in [2.75, 3.05) is 19.8 Å². The lowest BCUT2D eigenvalue weighted by Crippen LogP contribution is -2.37. The van der Waals surface area contributed by atoms with Crippen molar-refractivity contribution >= 4 is 17.5 Å². The number of fused-ring (bicyclic) bond motifs is 1. The Balaban J connectivity index is 1.44. The molecule has 4 rings (SSSR count). The van der Waals surface area contributed by atoms with E-state index in [9.17, 15) is 9.90 Å². The molecule has 1 fully saturated rings. The molecule has 1 aromatic heterocycles. The van der Waals surface area contributed by atoms with E-state index in [-0.39, 0.29) is 18.4 Å². The zero-order valence-electron chi connectivity index (χ0n) is 15.6. The summed E-state index contributed by atoms with van der Waals surface area (Å²) in [7, 11) is 0. The highest BCUT2D eigenvalue weighted by Crippen LogP contribution is 2.38. The maximum atomic E-state index is 12.9. The van der Waals surface area contributed by atoms with E-state index in [4.69, 9.17) is 25.5 Å². The Morgan fingerprint density at radius 2 is 2.14 bits per heavy atom. The number of rotatable bonds is 5. The summed E-state index contributed by atoms with van der Waals surface area (Å²) in [5, 5.41) is 10.8. The number of likely N-dealkylation sites (tertiary alicyclic amines) is 1. The fraction of sp³-hybridized carbons (Fsp3) is 0.476. The number of hydrogen-bond donors (Lipinski definition) is 1. The van der Waals surface area contributed by atoms with Crippen LogP contribution in [0.4, 0.5) is 0 Å². The highest BCUT2D eigenvalue weighted by atomic mass is 35.5. The molecule has 2 aliphatic rings. The predicted molar refractivity (Wildman–Crippen MR) is 104 cm³/mol. The van der Waals surface area contributed by atoms with Crippen LogP contribution in [0.25, 0.3) is 0 Å². The Morgan fingerprint density at radius 3 is 2.96 bits per heavy atom. The average Bonchev–Trinajstić information content (AvgIpc) is 3.30. The van der Waals surface area contributed by atoms with E-state index in [2.05, 4.69) is 0 Å². The zero-order chi connectivity index (χ0) is 19.5. The normalized spacial score (nSPS) is 20.1. The summed E-state index contributed by atoms with van der Waals surface area (Å²) < 4.78 is 16.6. The number of carbonyl (C=O) groups excluding carboxylic acids is 1. The van der Waals surface area contributed by atoms with E-state index < -0.39 is 6.10 Å². The molecular formula is C21H24ClNO5. The minimum Gasteiger partial charge on any atom is -0.489 e. The molecule has 1 N–H and O–H groups in total. The number of aliphatic hydroxyl groups excluding tert-OH is 1. The molecule has 150 valence electrons. The van der Waals surface area contributed by atoms with Gasteiger partial charge < -0.3 is 23.9 Å². The number of halogens is 1. The lowest BCUT2D eigenvalue weighted by Gasteiger charge is -2.26. The van der Waals surface area contributed by atoms with Crippen molar-refractivity contribution in [2.24, 2.45) is 0 Å². The second-order valence-electron chi connectivity index (χ2n) is 7.28. The van der Waals surface area contributed by atoms with Crippen LogP contribution >= 0.6 is 11.6 Å². The van der Waals surface area contributed by atoms with E-state index >= 15 is 0 Å². The first-order valence-electron chi connectivity index (χ1n) is 9.71. The summed E-state index contributed by atoms with van der Waals surface area (Å²) >= 11 is 6.34. The molecule has 0 spiro atoms. The number of nitrogens with zero attached hydrogens (tertiary/aromatic N) is 1. The summed E-state index contributed by atoms with van der Waals surface area (Å²) in [4.78, 5) is 14.8. The van der Waals surface area contributed by atoms with Gasteiger partial charge in [0.25, 0.3) is 0 Å². The fourth-order valence-electron chi connectivity index (χ4n) is 3.93. The van der Waals surface area contributed by atoms with Gasteiger partial charge in [0.1, 0.15) is 11.9 Å². The SMILES string of the molecule is O=C(Cc1cc(Cl)c2c(c1)OCCCO2)N1CCC[C@H]1C[C@H](O)c1ccco1. The Hall–Kier alpha value is -2.18.